The molecule has 0 spiro atoms. The van der Waals surface area contributed by atoms with Crippen LogP contribution < -0.4 is 0 Å². The van der Waals surface area contributed by atoms with Gasteiger partial charge in [0, 0.05) is 11.1 Å². The van der Waals surface area contributed by atoms with Crippen molar-refractivity contribution >= 4 is 0 Å². The smallest absolute Gasteiger partial charge is 0.225 e. The van der Waals surface area contributed by atoms with Gasteiger partial charge >= 0.3 is 12.1 Å². The van der Waals surface area contributed by atoms with Crippen LogP contribution in [0.3, 0.4) is 0 Å². The lowest BCUT2D eigenvalue weighted by Gasteiger charge is -2.16. The highest BCUT2D eigenvalue weighted by Gasteiger charge is 2.56. The van der Waals surface area contributed by atoms with Crippen molar-refractivity contribution in [3.8, 4) is 22.5 Å². The van der Waals surface area contributed by atoms with Gasteiger partial charge in [0.1, 0.15) is 5.69 Å². The molecule has 0 aliphatic heterocycles. The van der Waals surface area contributed by atoms with Crippen LogP contribution in [0.1, 0.15) is 17.0 Å². The van der Waals surface area contributed by atoms with E-state index in [2.05, 4.69) is 9.97 Å². The van der Waals surface area contributed by atoms with Gasteiger partial charge in [-0.05, 0) is 0 Å². The molecule has 0 radical (unpaired) electrons. The van der Waals surface area contributed by atoms with Crippen LogP contribution in [-0.2, 0) is 12.1 Å². The lowest BCUT2D eigenvalue weighted by molar-refractivity contribution is -0.140. The molecule has 0 bridgehead atoms. The third-order valence-corrected chi connectivity index (χ3v) is 4.74. The quantitative estimate of drug-likeness (QED) is 0.211. The fraction of sp³-hybridized carbons (Fsp3) is 0.111. The van der Waals surface area contributed by atoms with Crippen molar-refractivity contribution < 1.29 is 61.5 Å². The van der Waals surface area contributed by atoms with Crippen LogP contribution in [0, 0.1) is 52.4 Å². The third kappa shape index (κ3) is 2.89. The fourth-order valence-corrected chi connectivity index (χ4v) is 3.32. The van der Waals surface area contributed by atoms with Gasteiger partial charge in [-0.3, -0.25) is 0 Å². The minimum atomic E-state index is -5.95. The van der Waals surface area contributed by atoms with E-state index in [9.17, 15) is 61.5 Å². The molecule has 1 aromatic heterocycles. The van der Waals surface area contributed by atoms with Crippen molar-refractivity contribution in [1.29, 1.82) is 0 Å². The number of nitrogens with zero attached hydrogens (tertiary/aromatic N) is 2. The lowest BCUT2D eigenvalue weighted by atomic mass is 10.0. The first-order valence-corrected chi connectivity index (χ1v) is 8.29. The predicted molar refractivity (Wildman–Crippen MR) is 80.5 cm³/mol. The Labute approximate surface area is 176 Å². The molecule has 0 unspecified atom stereocenters. The number of aromatic nitrogens is 2. The second-order valence-electron chi connectivity index (χ2n) is 6.64. The molecule has 0 amide bonds. The minimum Gasteiger partial charge on any atom is -0.225 e. The van der Waals surface area contributed by atoms with Gasteiger partial charge in [-0.1, -0.05) is 0 Å². The van der Waals surface area contributed by atoms with Crippen LogP contribution in [0.25, 0.3) is 22.5 Å². The number of alkyl halides is 5. The second-order valence-corrected chi connectivity index (χ2v) is 6.64. The Hall–Kier alpha value is -3.46. The third-order valence-electron chi connectivity index (χ3n) is 4.74. The summed E-state index contributed by atoms with van der Waals surface area (Å²) in [5.74, 6) is -32.3. The molecule has 16 heteroatoms. The normalized spacial score (nSPS) is 14.4. The summed E-state index contributed by atoms with van der Waals surface area (Å²) in [6, 6.07) is 0. The lowest BCUT2D eigenvalue weighted by Crippen LogP contribution is -2.19. The zero-order chi connectivity index (χ0) is 25.7. The molecule has 180 valence electrons. The number of rotatable bonds is 1. The van der Waals surface area contributed by atoms with Crippen molar-refractivity contribution in [1.82, 2.24) is 9.97 Å². The summed E-state index contributed by atoms with van der Waals surface area (Å²) in [6.45, 7) is 0. The largest absolute Gasteiger partial charge is 0.434 e. The van der Waals surface area contributed by atoms with E-state index in [0.717, 1.165) is 0 Å². The summed E-state index contributed by atoms with van der Waals surface area (Å²) in [7, 11) is 0. The fourth-order valence-electron chi connectivity index (χ4n) is 3.32. The van der Waals surface area contributed by atoms with Crippen molar-refractivity contribution in [2.75, 3.05) is 0 Å². The molecule has 1 aliphatic rings. The van der Waals surface area contributed by atoms with E-state index in [1.807, 2.05) is 0 Å². The van der Waals surface area contributed by atoms with Crippen LogP contribution in [0.15, 0.2) is 0 Å². The summed E-state index contributed by atoms with van der Waals surface area (Å²) in [4.78, 5) is 5.16. The average molecular weight is 510 g/mol. The van der Waals surface area contributed by atoms with Gasteiger partial charge in [-0.2, -0.15) is 22.0 Å². The van der Waals surface area contributed by atoms with Crippen LogP contribution in [0.4, 0.5) is 61.5 Å². The number of hydrogen-bond donors (Lipinski definition) is 0. The van der Waals surface area contributed by atoms with E-state index in [-0.39, 0.29) is 0 Å². The molecule has 1 aliphatic carbocycles. The molecule has 0 N–H and O–H groups in total. The van der Waals surface area contributed by atoms with Crippen LogP contribution in [0.5, 0.6) is 0 Å². The maximum absolute atomic E-state index is 14.8. The molecule has 2 aromatic carbocycles. The summed E-state index contributed by atoms with van der Waals surface area (Å²) in [5, 5.41) is 0. The molecule has 4 rings (SSSR count). The molecule has 0 fully saturated rings. The Morgan fingerprint density at radius 3 is 1.38 bits per heavy atom. The first-order chi connectivity index (χ1) is 15.5. The molecule has 2 nitrogen and oxygen atoms in total. The Morgan fingerprint density at radius 1 is 0.500 bits per heavy atom. The second kappa shape index (κ2) is 7.02. The minimum absolute atomic E-state index is 2.13. The Bertz CT molecular complexity index is 1380. The average Bonchev–Trinajstić information content (AvgIpc) is 2.99. The SMILES string of the molecule is Fc1c(F)c(F)c(-c2nc(C(F)(F)F)c3c(n2)C(F)(F)c2c(F)c(F)c(F)c(F)c2-3)c(F)c1F. The van der Waals surface area contributed by atoms with Gasteiger partial charge in [0.05, 0.1) is 11.1 Å². The Morgan fingerprint density at radius 2 is 0.912 bits per heavy atom. The molecule has 0 atom stereocenters. The zero-order valence-corrected chi connectivity index (χ0v) is 15.2. The first kappa shape index (κ1) is 23.7. The molecular formula is C18F14N2. The maximum Gasteiger partial charge on any atom is 0.434 e. The highest BCUT2D eigenvalue weighted by molar-refractivity contribution is 5.82. The zero-order valence-electron chi connectivity index (χ0n) is 15.2. The molecular weight excluding hydrogens is 510 g/mol. The van der Waals surface area contributed by atoms with Gasteiger partial charge in [-0.15, -0.1) is 0 Å². The monoisotopic (exact) mass is 510 g/mol. The van der Waals surface area contributed by atoms with Crippen molar-refractivity contribution in [2.24, 2.45) is 0 Å². The van der Waals surface area contributed by atoms with Crippen molar-refractivity contribution in [3.05, 3.63) is 69.3 Å². The summed E-state index contributed by atoms with van der Waals surface area (Å²) >= 11 is 0. The van der Waals surface area contributed by atoms with E-state index >= 15 is 0 Å². The molecule has 0 saturated carbocycles. The van der Waals surface area contributed by atoms with Gasteiger partial charge in [0.25, 0.3) is 0 Å². The topological polar surface area (TPSA) is 25.8 Å². The van der Waals surface area contributed by atoms with Gasteiger partial charge in [0.15, 0.2) is 58.1 Å². The van der Waals surface area contributed by atoms with Gasteiger partial charge in [-0.25, -0.2) is 49.5 Å². The number of hydrogen-bond acceptors (Lipinski definition) is 2. The number of halogens is 14. The summed E-state index contributed by atoms with van der Waals surface area (Å²) < 4.78 is 194. The highest BCUT2D eigenvalue weighted by atomic mass is 19.4. The maximum atomic E-state index is 14.8. The van der Waals surface area contributed by atoms with E-state index < -0.39 is 104 Å². The summed E-state index contributed by atoms with van der Waals surface area (Å²) in [5.41, 5.74) is -14.0. The van der Waals surface area contributed by atoms with E-state index in [4.69, 9.17) is 0 Å². The van der Waals surface area contributed by atoms with Crippen LogP contribution >= 0.6 is 0 Å². The van der Waals surface area contributed by atoms with Gasteiger partial charge in [0.2, 0.25) is 5.82 Å². The Kier molecular flexibility index (Phi) is 4.89. The number of benzene rings is 2. The molecule has 34 heavy (non-hydrogen) atoms. The highest BCUT2D eigenvalue weighted by Crippen LogP contribution is 2.56. The van der Waals surface area contributed by atoms with Crippen LogP contribution in [0.2, 0.25) is 0 Å². The number of fused-ring (bicyclic) bond motifs is 3. The Balaban J connectivity index is 2.21. The van der Waals surface area contributed by atoms with Crippen molar-refractivity contribution in [3.63, 3.8) is 0 Å². The van der Waals surface area contributed by atoms with Crippen molar-refractivity contribution in [2.45, 2.75) is 12.1 Å². The van der Waals surface area contributed by atoms with E-state index in [1.54, 1.807) is 0 Å². The van der Waals surface area contributed by atoms with E-state index in [0.29, 0.717) is 0 Å². The van der Waals surface area contributed by atoms with Crippen LogP contribution in [-0.4, -0.2) is 9.97 Å². The first-order valence-electron chi connectivity index (χ1n) is 8.29. The molecule has 0 saturated heterocycles. The molecule has 3 aromatic rings. The predicted octanol–water partition coefficient (Wildman–Crippen LogP) is 6.53. The molecule has 1 heterocycles. The van der Waals surface area contributed by atoms with E-state index in [1.165, 1.54) is 0 Å². The standard InChI is InChI=1S/C18F14N2/c19-5-1-2-14(17(28,29)4(1)8(22)12(26)9(5)23)33-16(34-15(2)18(30,31)32)3-6(20)10(24)13(27)11(25)7(3)21. The van der Waals surface area contributed by atoms with Gasteiger partial charge < -0.3 is 0 Å². The summed E-state index contributed by atoms with van der Waals surface area (Å²) in [6.07, 6.45) is -5.95.